The zero-order valence-electron chi connectivity index (χ0n) is 16.1. The van der Waals surface area contributed by atoms with Gasteiger partial charge >= 0.3 is 0 Å². The zero-order valence-corrected chi connectivity index (χ0v) is 16.1. The minimum absolute atomic E-state index is 0.244. The van der Waals surface area contributed by atoms with Crippen molar-refractivity contribution in [3.63, 3.8) is 0 Å². The van der Waals surface area contributed by atoms with E-state index in [-0.39, 0.29) is 18.3 Å². The number of fused-ring (bicyclic) bond motifs is 1. The Balaban J connectivity index is 1.57. The molecule has 6 heteroatoms. The van der Waals surface area contributed by atoms with Crippen LogP contribution in [0.3, 0.4) is 0 Å². The highest BCUT2D eigenvalue weighted by molar-refractivity contribution is 5.14. The van der Waals surface area contributed by atoms with E-state index in [1.807, 2.05) is 65.0 Å². The molecule has 0 spiro atoms. The molecule has 0 unspecified atom stereocenters. The van der Waals surface area contributed by atoms with Crippen LogP contribution in [0.4, 0.5) is 0 Å². The van der Waals surface area contributed by atoms with Gasteiger partial charge < -0.3 is 28.4 Å². The lowest BCUT2D eigenvalue weighted by molar-refractivity contribution is -0.254. The molecular formula is C20H28O6. The Morgan fingerprint density at radius 1 is 0.923 bits per heavy atom. The highest BCUT2D eigenvalue weighted by Gasteiger charge is 2.65. The number of hydrogen-bond donors (Lipinski definition) is 0. The van der Waals surface area contributed by atoms with Crippen LogP contribution in [0.1, 0.15) is 40.2 Å². The minimum atomic E-state index is -0.720. The molecule has 26 heavy (non-hydrogen) atoms. The summed E-state index contributed by atoms with van der Waals surface area (Å²) in [6, 6.07) is 10.1. The van der Waals surface area contributed by atoms with Crippen molar-refractivity contribution >= 4 is 0 Å². The van der Waals surface area contributed by atoms with Crippen molar-refractivity contribution in [2.24, 2.45) is 0 Å². The van der Waals surface area contributed by atoms with Gasteiger partial charge in [-0.2, -0.15) is 0 Å². The topological polar surface area (TPSA) is 55.4 Å². The van der Waals surface area contributed by atoms with Gasteiger partial charge in [-0.25, -0.2) is 0 Å². The molecule has 0 aromatic heterocycles. The summed E-state index contributed by atoms with van der Waals surface area (Å²) in [6.07, 6.45) is -1.41. The van der Waals surface area contributed by atoms with Crippen molar-refractivity contribution in [3.8, 4) is 0 Å². The van der Waals surface area contributed by atoms with Gasteiger partial charge in [0.1, 0.15) is 23.9 Å². The molecule has 4 rings (SSSR count). The lowest BCUT2D eigenvalue weighted by Gasteiger charge is -2.37. The van der Waals surface area contributed by atoms with Gasteiger partial charge in [-0.05, 0) is 40.2 Å². The summed E-state index contributed by atoms with van der Waals surface area (Å²) in [5, 5.41) is 0. The smallest absolute Gasteiger partial charge is 0.190 e. The van der Waals surface area contributed by atoms with Crippen LogP contribution in [-0.2, 0) is 35.0 Å². The number of ether oxygens (including phenoxy) is 6. The number of benzene rings is 1. The van der Waals surface area contributed by atoms with Gasteiger partial charge in [0.05, 0.1) is 13.2 Å². The van der Waals surface area contributed by atoms with Gasteiger partial charge in [0.15, 0.2) is 17.9 Å². The van der Waals surface area contributed by atoms with Crippen LogP contribution in [0.15, 0.2) is 30.3 Å². The molecule has 3 fully saturated rings. The first-order valence-electron chi connectivity index (χ1n) is 9.19. The lowest BCUT2D eigenvalue weighted by Crippen LogP contribution is -2.53. The third-order valence-electron chi connectivity index (χ3n) is 5.23. The third-order valence-corrected chi connectivity index (χ3v) is 5.23. The molecule has 3 aliphatic heterocycles. The van der Waals surface area contributed by atoms with E-state index in [9.17, 15) is 0 Å². The molecule has 3 heterocycles. The molecule has 0 aliphatic carbocycles. The van der Waals surface area contributed by atoms with E-state index in [2.05, 4.69) is 0 Å². The van der Waals surface area contributed by atoms with Crippen LogP contribution >= 0.6 is 0 Å². The van der Waals surface area contributed by atoms with Crippen molar-refractivity contribution in [2.75, 3.05) is 6.61 Å². The average molecular weight is 364 g/mol. The number of hydrogen-bond acceptors (Lipinski definition) is 6. The fourth-order valence-corrected chi connectivity index (χ4v) is 3.96. The van der Waals surface area contributed by atoms with E-state index in [0.29, 0.717) is 13.2 Å². The predicted octanol–water partition coefficient (Wildman–Crippen LogP) is 2.99. The second-order valence-electron chi connectivity index (χ2n) is 8.31. The maximum Gasteiger partial charge on any atom is 0.190 e. The lowest BCUT2D eigenvalue weighted by atomic mass is 9.91. The first-order valence-corrected chi connectivity index (χ1v) is 9.19. The summed E-state index contributed by atoms with van der Waals surface area (Å²) >= 11 is 0. The summed E-state index contributed by atoms with van der Waals surface area (Å²) in [5.41, 5.74) is 0.376. The van der Waals surface area contributed by atoms with Gasteiger partial charge in [0, 0.05) is 0 Å². The van der Waals surface area contributed by atoms with E-state index < -0.39 is 23.5 Å². The Labute approximate surface area is 154 Å². The largest absolute Gasteiger partial charge is 0.365 e. The molecule has 0 bridgehead atoms. The highest BCUT2D eigenvalue weighted by Crippen LogP contribution is 2.47. The van der Waals surface area contributed by atoms with Crippen LogP contribution in [0.2, 0.25) is 0 Å². The second kappa shape index (κ2) is 6.26. The van der Waals surface area contributed by atoms with E-state index in [0.717, 1.165) is 5.56 Å². The SMILES string of the molecule is CC1(C)OC[C@H]([C@H]2O[C@@H]3OC(C)(C)O[C@@H]3[C@]2(C)OCc2ccccc2)O1. The molecule has 1 aromatic carbocycles. The average Bonchev–Trinajstić information content (AvgIpc) is 3.17. The fourth-order valence-electron chi connectivity index (χ4n) is 3.96. The van der Waals surface area contributed by atoms with Crippen molar-refractivity contribution in [3.05, 3.63) is 35.9 Å². The molecular weight excluding hydrogens is 336 g/mol. The van der Waals surface area contributed by atoms with E-state index >= 15 is 0 Å². The van der Waals surface area contributed by atoms with Crippen LogP contribution in [-0.4, -0.2) is 48.4 Å². The van der Waals surface area contributed by atoms with Crippen LogP contribution < -0.4 is 0 Å². The maximum atomic E-state index is 6.41. The molecule has 1 aromatic rings. The Morgan fingerprint density at radius 2 is 1.65 bits per heavy atom. The van der Waals surface area contributed by atoms with Crippen molar-refractivity contribution in [2.45, 2.75) is 83.0 Å². The summed E-state index contributed by atoms with van der Waals surface area (Å²) in [7, 11) is 0. The quantitative estimate of drug-likeness (QED) is 0.819. The van der Waals surface area contributed by atoms with Crippen molar-refractivity contribution < 1.29 is 28.4 Å². The summed E-state index contributed by atoms with van der Waals surface area (Å²) in [6.45, 7) is 10.5. The van der Waals surface area contributed by atoms with Crippen LogP contribution in [0.5, 0.6) is 0 Å². The molecule has 3 saturated heterocycles. The monoisotopic (exact) mass is 364 g/mol. The zero-order chi connectivity index (χ0) is 18.6. The minimum Gasteiger partial charge on any atom is -0.365 e. The molecule has 0 radical (unpaired) electrons. The molecule has 3 aliphatic rings. The van der Waals surface area contributed by atoms with E-state index in [4.69, 9.17) is 28.4 Å². The van der Waals surface area contributed by atoms with Gasteiger partial charge in [0.25, 0.3) is 0 Å². The number of rotatable bonds is 4. The highest BCUT2D eigenvalue weighted by atomic mass is 16.9. The molecule has 144 valence electrons. The Morgan fingerprint density at radius 3 is 2.31 bits per heavy atom. The fraction of sp³-hybridized carbons (Fsp3) is 0.700. The normalized spacial score (nSPS) is 40.7. The molecule has 0 saturated carbocycles. The third kappa shape index (κ3) is 3.30. The molecule has 0 amide bonds. The maximum absolute atomic E-state index is 6.41. The van der Waals surface area contributed by atoms with E-state index in [1.165, 1.54) is 0 Å². The molecule has 6 nitrogen and oxygen atoms in total. The van der Waals surface area contributed by atoms with Gasteiger partial charge in [-0.3, -0.25) is 0 Å². The molecule has 0 N–H and O–H groups in total. The summed E-state index contributed by atoms with van der Waals surface area (Å²) in [4.78, 5) is 0. The van der Waals surface area contributed by atoms with Crippen LogP contribution in [0.25, 0.3) is 0 Å². The van der Waals surface area contributed by atoms with Crippen molar-refractivity contribution in [1.29, 1.82) is 0 Å². The van der Waals surface area contributed by atoms with Crippen molar-refractivity contribution in [1.82, 2.24) is 0 Å². The molecule has 5 atom stereocenters. The van der Waals surface area contributed by atoms with Crippen LogP contribution in [0, 0.1) is 0 Å². The van der Waals surface area contributed by atoms with Gasteiger partial charge in [-0.15, -0.1) is 0 Å². The standard InChI is InChI=1S/C20H28O6/c1-18(2)21-12-14(24-18)15-20(5,22-11-13-9-7-6-8-10-13)16-17(23-15)26-19(3,4)25-16/h6-10,14-17H,11-12H2,1-5H3/t14-,15-,16+,17-,20-/m1/s1. The second-order valence-corrected chi connectivity index (χ2v) is 8.31. The first kappa shape index (κ1) is 18.3. The van der Waals surface area contributed by atoms with E-state index in [1.54, 1.807) is 0 Å². The summed E-state index contributed by atoms with van der Waals surface area (Å²) in [5.74, 6) is -1.34. The van der Waals surface area contributed by atoms with Gasteiger partial charge in [-0.1, -0.05) is 30.3 Å². The Bertz CT molecular complexity index is 645. The Hall–Kier alpha value is -1.02. The summed E-state index contributed by atoms with van der Waals surface area (Å²) < 4.78 is 36.5. The Kier molecular flexibility index (Phi) is 4.42. The predicted molar refractivity (Wildman–Crippen MR) is 93.2 cm³/mol. The van der Waals surface area contributed by atoms with Gasteiger partial charge in [0.2, 0.25) is 0 Å². The first-order chi connectivity index (χ1) is 12.2.